The molecule has 0 aliphatic carbocycles. The maximum atomic E-state index is 9.17. The van der Waals surface area contributed by atoms with Crippen molar-refractivity contribution in [2.24, 2.45) is 0 Å². The zero-order valence-corrected chi connectivity index (χ0v) is 9.61. The summed E-state index contributed by atoms with van der Waals surface area (Å²) >= 11 is 0. The van der Waals surface area contributed by atoms with Gasteiger partial charge in [0.25, 0.3) is 0 Å². The molecule has 2 atom stereocenters. The summed E-state index contributed by atoms with van der Waals surface area (Å²) in [4.78, 5) is 0. The predicted octanol–water partition coefficient (Wildman–Crippen LogP) is 2.50. The predicted molar refractivity (Wildman–Crippen MR) is 63.8 cm³/mol. The van der Waals surface area contributed by atoms with Crippen LogP contribution in [-0.4, -0.2) is 17.8 Å². The lowest BCUT2D eigenvalue weighted by atomic mass is 10.0. The molecule has 2 heteroatoms. The van der Waals surface area contributed by atoms with Crippen molar-refractivity contribution in [1.82, 2.24) is 5.32 Å². The van der Waals surface area contributed by atoms with Crippen molar-refractivity contribution in [3.8, 4) is 0 Å². The van der Waals surface area contributed by atoms with Crippen molar-refractivity contribution in [2.75, 3.05) is 6.54 Å². The minimum absolute atomic E-state index is 0.217. The number of hydrogen-bond donors (Lipinski definition) is 2. The summed E-state index contributed by atoms with van der Waals surface area (Å²) in [5.41, 5.74) is 1.32. The Kier molecular flexibility index (Phi) is 5.37. The molecule has 2 N–H and O–H groups in total. The minimum Gasteiger partial charge on any atom is -0.393 e. The molecule has 1 rings (SSSR count). The molecule has 2 nitrogen and oxygen atoms in total. The van der Waals surface area contributed by atoms with E-state index < -0.39 is 0 Å². The van der Waals surface area contributed by atoms with E-state index in [-0.39, 0.29) is 6.10 Å². The third kappa shape index (κ3) is 4.45. The van der Waals surface area contributed by atoms with Gasteiger partial charge in [0.05, 0.1) is 6.10 Å². The van der Waals surface area contributed by atoms with Gasteiger partial charge in [-0.25, -0.2) is 0 Å². The number of benzene rings is 1. The molecule has 0 aromatic heterocycles. The average molecular weight is 207 g/mol. The lowest BCUT2D eigenvalue weighted by Crippen LogP contribution is -2.24. The molecule has 0 saturated carbocycles. The van der Waals surface area contributed by atoms with Crippen LogP contribution in [0.15, 0.2) is 30.3 Å². The lowest BCUT2D eigenvalue weighted by Gasteiger charge is -2.17. The van der Waals surface area contributed by atoms with Gasteiger partial charge in [0.15, 0.2) is 0 Å². The molecule has 1 unspecified atom stereocenters. The third-order valence-corrected chi connectivity index (χ3v) is 2.56. The van der Waals surface area contributed by atoms with E-state index in [4.69, 9.17) is 5.11 Å². The number of nitrogens with one attached hydrogen (secondary N) is 1. The molecule has 1 aromatic rings. The topological polar surface area (TPSA) is 32.3 Å². The van der Waals surface area contributed by atoms with Crippen LogP contribution in [0.4, 0.5) is 0 Å². The highest BCUT2D eigenvalue weighted by Gasteiger charge is 2.07. The fourth-order valence-electron chi connectivity index (χ4n) is 1.65. The van der Waals surface area contributed by atoms with Gasteiger partial charge in [-0.15, -0.1) is 0 Å². The molecular weight excluding hydrogens is 186 g/mol. The van der Waals surface area contributed by atoms with Gasteiger partial charge in [-0.2, -0.15) is 0 Å². The fourth-order valence-corrected chi connectivity index (χ4v) is 1.65. The van der Waals surface area contributed by atoms with Crippen molar-refractivity contribution < 1.29 is 5.11 Å². The fraction of sp³-hybridized carbons (Fsp3) is 0.538. The first-order valence-corrected chi connectivity index (χ1v) is 5.70. The van der Waals surface area contributed by atoms with Crippen molar-refractivity contribution >= 4 is 0 Å². The molecule has 1 aromatic carbocycles. The summed E-state index contributed by atoms with van der Waals surface area (Å²) in [7, 11) is 0. The Labute approximate surface area is 92.3 Å². The van der Waals surface area contributed by atoms with Crippen LogP contribution < -0.4 is 5.32 Å². The van der Waals surface area contributed by atoms with Gasteiger partial charge in [-0.1, -0.05) is 37.3 Å². The molecule has 84 valence electrons. The van der Waals surface area contributed by atoms with Crippen LogP contribution in [0.1, 0.15) is 38.3 Å². The van der Waals surface area contributed by atoms with Gasteiger partial charge in [0, 0.05) is 6.04 Å². The molecule has 15 heavy (non-hydrogen) atoms. The normalized spacial score (nSPS) is 14.9. The van der Waals surface area contributed by atoms with E-state index in [0.717, 1.165) is 19.4 Å². The quantitative estimate of drug-likeness (QED) is 0.751. The van der Waals surface area contributed by atoms with Gasteiger partial charge in [-0.3, -0.25) is 0 Å². The summed E-state index contributed by atoms with van der Waals surface area (Å²) in [6, 6.07) is 10.9. The zero-order valence-electron chi connectivity index (χ0n) is 9.61. The lowest BCUT2D eigenvalue weighted by molar-refractivity contribution is 0.182. The molecule has 0 bridgehead atoms. The van der Waals surface area contributed by atoms with Crippen LogP contribution in [-0.2, 0) is 0 Å². The van der Waals surface area contributed by atoms with E-state index in [1.165, 1.54) is 5.56 Å². The Morgan fingerprint density at radius 1 is 1.27 bits per heavy atom. The Balaban J connectivity index is 2.43. The number of aliphatic hydroxyl groups is 1. The van der Waals surface area contributed by atoms with E-state index in [1.807, 2.05) is 13.0 Å². The van der Waals surface area contributed by atoms with Gasteiger partial charge in [-0.05, 0) is 31.9 Å². The molecule has 0 aliphatic rings. The highest BCUT2D eigenvalue weighted by Crippen LogP contribution is 2.15. The first kappa shape index (κ1) is 12.2. The third-order valence-electron chi connectivity index (χ3n) is 2.56. The first-order valence-electron chi connectivity index (χ1n) is 5.70. The SMILES string of the molecule is CC[C@@H](NCCC(C)O)c1ccccc1. The summed E-state index contributed by atoms with van der Waals surface area (Å²) in [6.45, 7) is 4.86. The molecule has 0 aliphatic heterocycles. The number of hydrogen-bond acceptors (Lipinski definition) is 2. The summed E-state index contributed by atoms with van der Waals surface area (Å²) in [6.07, 6.45) is 1.67. The van der Waals surface area contributed by atoms with Gasteiger partial charge >= 0.3 is 0 Å². The molecule has 0 amide bonds. The summed E-state index contributed by atoms with van der Waals surface area (Å²) in [5, 5.41) is 12.6. The summed E-state index contributed by atoms with van der Waals surface area (Å²) in [5.74, 6) is 0. The van der Waals surface area contributed by atoms with Crippen molar-refractivity contribution in [1.29, 1.82) is 0 Å². The van der Waals surface area contributed by atoms with Crippen molar-refractivity contribution in [3.05, 3.63) is 35.9 Å². The van der Waals surface area contributed by atoms with Gasteiger partial charge in [0.1, 0.15) is 0 Å². The monoisotopic (exact) mass is 207 g/mol. The second-order valence-electron chi connectivity index (χ2n) is 3.96. The first-order chi connectivity index (χ1) is 7.24. The number of aliphatic hydroxyl groups excluding tert-OH is 1. The molecule has 0 spiro atoms. The van der Waals surface area contributed by atoms with E-state index in [1.54, 1.807) is 0 Å². The molecule has 0 fully saturated rings. The van der Waals surface area contributed by atoms with Crippen LogP contribution in [0.5, 0.6) is 0 Å². The van der Waals surface area contributed by atoms with Crippen LogP contribution in [0, 0.1) is 0 Å². The summed E-state index contributed by atoms with van der Waals surface area (Å²) < 4.78 is 0. The van der Waals surface area contributed by atoms with Crippen LogP contribution >= 0.6 is 0 Å². The van der Waals surface area contributed by atoms with E-state index in [0.29, 0.717) is 6.04 Å². The zero-order chi connectivity index (χ0) is 11.1. The number of rotatable bonds is 6. The average Bonchev–Trinajstić information content (AvgIpc) is 2.25. The van der Waals surface area contributed by atoms with E-state index in [2.05, 4.69) is 36.5 Å². The second-order valence-corrected chi connectivity index (χ2v) is 3.96. The van der Waals surface area contributed by atoms with Crippen molar-refractivity contribution in [3.63, 3.8) is 0 Å². The van der Waals surface area contributed by atoms with Crippen LogP contribution in [0.25, 0.3) is 0 Å². The minimum atomic E-state index is -0.217. The molecular formula is C13H21NO. The van der Waals surface area contributed by atoms with Crippen LogP contribution in [0.3, 0.4) is 0 Å². The smallest absolute Gasteiger partial charge is 0.0524 e. The maximum Gasteiger partial charge on any atom is 0.0524 e. The highest BCUT2D eigenvalue weighted by molar-refractivity contribution is 5.18. The van der Waals surface area contributed by atoms with Crippen molar-refractivity contribution in [2.45, 2.75) is 38.8 Å². The molecule has 0 radical (unpaired) electrons. The van der Waals surface area contributed by atoms with Gasteiger partial charge < -0.3 is 10.4 Å². The Morgan fingerprint density at radius 2 is 1.93 bits per heavy atom. The Bertz CT molecular complexity index is 258. The molecule has 0 saturated heterocycles. The van der Waals surface area contributed by atoms with Crippen LogP contribution in [0.2, 0.25) is 0 Å². The molecule has 0 heterocycles. The largest absolute Gasteiger partial charge is 0.393 e. The maximum absolute atomic E-state index is 9.17. The highest BCUT2D eigenvalue weighted by atomic mass is 16.3. The standard InChI is InChI=1S/C13H21NO/c1-3-13(14-10-9-11(2)15)12-7-5-4-6-8-12/h4-8,11,13-15H,3,9-10H2,1-2H3/t11?,13-/m1/s1. The van der Waals surface area contributed by atoms with E-state index >= 15 is 0 Å². The second kappa shape index (κ2) is 6.59. The van der Waals surface area contributed by atoms with Gasteiger partial charge in [0.2, 0.25) is 0 Å². The Hall–Kier alpha value is -0.860. The Morgan fingerprint density at radius 3 is 2.47 bits per heavy atom. The van der Waals surface area contributed by atoms with E-state index in [9.17, 15) is 0 Å².